The van der Waals surface area contributed by atoms with E-state index in [1.807, 2.05) is 0 Å². The van der Waals surface area contributed by atoms with E-state index in [0.717, 1.165) is 0 Å². The largest absolute Gasteiger partial charge is 0.461 e. The van der Waals surface area contributed by atoms with Gasteiger partial charge in [-0.2, -0.15) is 39.3 Å². The molecule has 46 heavy (non-hydrogen) atoms. The summed E-state index contributed by atoms with van der Waals surface area (Å²) < 4.78 is 222. The van der Waals surface area contributed by atoms with E-state index in [2.05, 4.69) is 0 Å². The van der Waals surface area contributed by atoms with Gasteiger partial charge in [-0.3, -0.25) is 0 Å². The Labute approximate surface area is 263 Å². The standard InChI is InChI=1S/C19H31F6N3O12S6/c20-17(21,44(35,36)26-10-4-1-5-11-26)41(29,30)16(42(31,32)18(22,23)45(37,38)27-12-6-2-7-13-27)43(33,34)19(24,25)46(39,40)28-14-8-3-9-15-28/h16H,1-15H2. The minimum atomic E-state index is -8.34. The lowest BCUT2D eigenvalue weighted by Crippen LogP contribution is -2.63. The maximum atomic E-state index is 15.6. The highest BCUT2D eigenvalue weighted by atomic mass is 32.4. The van der Waals surface area contributed by atoms with Crippen LogP contribution in [-0.2, 0) is 59.6 Å². The van der Waals surface area contributed by atoms with E-state index < -0.39 is 117 Å². The molecule has 0 atom stereocenters. The molecule has 0 saturated carbocycles. The smallest absolute Gasteiger partial charge is 0.219 e. The Balaban J connectivity index is 2.38. The first-order valence-corrected chi connectivity index (χ1v) is 22.5. The van der Waals surface area contributed by atoms with Crippen molar-refractivity contribution in [2.24, 2.45) is 0 Å². The fourth-order valence-electron chi connectivity index (χ4n) is 5.04. The van der Waals surface area contributed by atoms with E-state index in [0.29, 0.717) is 0 Å². The molecule has 3 rings (SSSR count). The van der Waals surface area contributed by atoms with Crippen LogP contribution in [0.15, 0.2) is 0 Å². The summed E-state index contributed by atoms with van der Waals surface area (Å²) in [5, 5.41) is 0. The van der Waals surface area contributed by atoms with Crippen LogP contribution in [0.5, 0.6) is 0 Å². The first-order valence-electron chi connectivity index (χ1n) is 13.5. The quantitative estimate of drug-likeness (QED) is 0.249. The molecule has 3 heterocycles. The highest BCUT2D eigenvalue weighted by Gasteiger charge is 2.79. The van der Waals surface area contributed by atoms with Crippen LogP contribution < -0.4 is 0 Å². The fraction of sp³-hybridized carbons (Fsp3) is 1.00. The summed E-state index contributed by atoms with van der Waals surface area (Å²) in [6.07, 6.45) is -0.589. The summed E-state index contributed by atoms with van der Waals surface area (Å²) >= 11 is 0. The van der Waals surface area contributed by atoms with Gasteiger partial charge in [-0.1, -0.05) is 19.3 Å². The van der Waals surface area contributed by atoms with Crippen molar-refractivity contribution in [3.63, 3.8) is 0 Å². The molecular weight excluding hydrogens is 769 g/mol. The second-order valence-corrected chi connectivity index (χ2v) is 24.5. The molecule has 3 fully saturated rings. The summed E-state index contributed by atoms with van der Waals surface area (Å²) in [4.78, 5) is 0. The molecule has 3 aliphatic heterocycles. The summed E-state index contributed by atoms with van der Waals surface area (Å²) in [5.74, 6) is 0. The number of sulfonamides is 3. The Kier molecular flexibility index (Phi) is 11.0. The molecule has 0 aliphatic carbocycles. The summed E-state index contributed by atoms with van der Waals surface area (Å²) in [7, 11) is -45.5. The zero-order chi connectivity index (χ0) is 35.4. The topological polar surface area (TPSA) is 215 Å². The number of rotatable bonds is 12. The molecule has 0 unspecified atom stereocenters. The van der Waals surface area contributed by atoms with Crippen molar-refractivity contribution in [3.8, 4) is 0 Å². The maximum absolute atomic E-state index is 15.6. The monoisotopic (exact) mass is 799 g/mol. The normalized spacial score (nSPS) is 22.2. The number of piperidine rings is 3. The molecule has 0 aromatic carbocycles. The van der Waals surface area contributed by atoms with Crippen molar-refractivity contribution < 1.29 is 76.8 Å². The third kappa shape index (κ3) is 5.99. The van der Waals surface area contributed by atoms with Gasteiger partial charge >= 0.3 is 13.8 Å². The molecule has 27 heteroatoms. The molecule has 15 nitrogen and oxygen atoms in total. The van der Waals surface area contributed by atoms with Crippen molar-refractivity contribution in [1.82, 2.24) is 12.9 Å². The minimum Gasteiger partial charge on any atom is -0.219 e. The SMILES string of the molecule is O=S(=O)(C(S(=O)(=O)C(F)(F)S(=O)(=O)N1CCCCC1)S(=O)(=O)C(F)(F)S(=O)(=O)N1CCCCC1)C(F)(F)S(=O)(=O)N1CCCCC1. The molecule has 0 radical (unpaired) electrons. The van der Waals surface area contributed by atoms with Crippen LogP contribution in [0.3, 0.4) is 0 Å². The molecular formula is C19H31F6N3O12S6. The summed E-state index contributed by atoms with van der Waals surface area (Å²) in [6, 6.07) is 0. The van der Waals surface area contributed by atoms with Gasteiger partial charge in [0.2, 0.25) is 0 Å². The van der Waals surface area contributed by atoms with Crippen molar-refractivity contribution in [3.05, 3.63) is 0 Å². The molecule has 0 amide bonds. The van der Waals surface area contributed by atoms with E-state index in [-0.39, 0.29) is 70.7 Å². The predicted octanol–water partition coefficient (Wildman–Crippen LogP) is 0.612. The van der Waals surface area contributed by atoms with Gasteiger partial charge in [0.25, 0.3) is 63.5 Å². The average Bonchev–Trinajstić information content (AvgIpc) is 2.97. The first kappa shape index (κ1) is 39.6. The van der Waals surface area contributed by atoms with E-state index in [1.54, 1.807) is 0 Å². The maximum Gasteiger partial charge on any atom is 0.461 e. The van der Waals surface area contributed by atoms with Crippen molar-refractivity contribution in [1.29, 1.82) is 0 Å². The Morgan fingerprint density at radius 3 is 0.696 bits per heavy atom. The second kappa shape index (κ2) is 12.8. The van der Waals surface area contributed by atoms with Crippen LogP contribution in [-0.4, -0.2) is 120 Å². The van der Waals surface area contributed by atoms with Crippen LogP contribution in [0.2, 0.25) is 0 Å². The lowest BCUT2D eigenvalue weighted by molar-refractivity contribution is 0.157. The van der Waals surface area contributed by atoms with Gasteiger partial charge in [0.15, 0.2) is 0 Å². The van der Waals surface area contributed by atoms with E-state index >= 15 is 26.3 Å². The van der Waals surface area contributed by atoms with Crippen LogP contribution >= 0.6 is 0 Å². The number of nitrogens with zero attached hydrogens (tertiary/aromatic N) is 3. The van der Waals surface area contributed by atoms with Gasteiger partial charge < -0.3 is 0 Å². The predicted molar refractivity (Wildman–Crippen MR) is 148 cm³/mol. The molecule has 3 aliphatic rings. The van der Waals surface area contributed by atoms with Crippen molar-refractivity contribution >= 4 is 59.6 Å². The minimum absolute atomic E-state index is 0.201. The molecule has 0 aromatic rings. The Bertz CT molecular complexity index is 1610. The first-order chi connectivity index (χ1) is 20.7. The Morgan fingerprint density at radius 1 is 0.348 bits per heavy atom. The highest BCUT2D eigenvalue weighted by Crippen LogP contribution is 2.48. The van der Waals surface area contributed by atoms with Crippen molar-refractivity contribution in [2.45, 2.75) is 75.5 Å². The van der Waals surface area contributed by atoms with E-state index in [1.165, 1.54) is 0 Å². The summed E-state index contributed by atoms with van der Waals surface area (Å²) in [5.41, 5.74) is 0. The molecule has 0 aromatic heterocycles. The van der Waals surface area contributed by atoms with Gasteiger partial charge in [0.05, 0.1) is 0 Å². The van der Waals surface area contributed by atoms with Crippen LogP contribution in [0.25, 0.3) is 0 Å². The molecule has 0 bridgehead atoms. The molecule has 0 N–H and O–H groups in total. The Morgan fingerprint density at radius 2 is 0.522 bits per heavy atom. The molecule has 3 saturated heterocycles. The number of alkyl halides is 6. The average molecular weight is 800 g/mol. The van der Waals surface area contributed by atoms with Gasteiger partial charge in [-0.15, -0.1) is 0 Å². The third-order valence-corrected chi connectivity index (χ3v) is 24.6. The number of halogens is 6. The van der Waals surface area contributed by atoms with Gasteiger partial charge in [0, 0.05) is 39.3 Å². The zero-order valence-corrected chi connectivity index (χ0v) is 28.5. The second-order valence-electron chi connectivity index (χ2n) is 10.7. The van der Waals surface area contributed by atoms with Crippen molar-refractivity contribution in [2.75, 3.05) is 39.3 Å². The number of sulfone groups is 3. The zero-order valence-electron chi connectivity index (χ0n) is 23.6. The number of hydrogen-bond donors (Lipinski definition) is 0. The van der Waals surface area contributed by atoms with E-state index in [4.69, 9.17) is 0 Å². The van der Waals surface area contributed by atoms with Gasteiger partial charge in [0.1, 0.15) is 0 Å². The van der Waals surface area contributed by atoms with Crippen LogP contribution in [0.1, 0.15) is 57.8 Å². The lowest BCUT2D eigenvalue weighted by atomic mass is 10.2. The van der Waals surface area contributed by atoms with Gasteiger partial charge in [-0.05, 0) is 38.5 Å². The lowest BCUT2D eigenvalue weighted by Gasteiger charge is -2.35. The molecule has 272 valence electrons. The van der Waals surface area contributed by atoms with Crippen LogP contribution in [0, 0.1) is 0 Å². The van der Waals surface area contributed by atoms with E-state index in [9.17, 15) is 50.5 Å². The van der Waals surface area contributed by atoms with Gasteiger partial charge in [-0.25, -0.2) is 50.5 Å². The molecule has 0 spiro atoms. The fourth-order valence-corrected chi connectivity index (χ4v) is 21.4. The third-order valence-electron chi connectivity index (χ3n) is 7.62. The Hall–Kier alpha value is -0.840. The summed E-state index contributed by atoms with van der Waals surface area (Å²) in [6.45, 7) is -5.27. The van der Waals surface area contributed by atoms with Crippen LogP contribution in [0.4, 0.5) is 26.3 Å². The highest BCUT2D eigenvalue weighted by molar-refractivity contribution is 8.31. The number of hydrogen-bond acceptors (Lipinski definition) is 12.